The lowest BCUT2D eigenvalue weighted by molar-refractivity contribution is 0.171. The van der Waals surface area contributed by atoms with Crippen molar-refractivity contribution in [3.8, 4) is 0 Å². The third-order valence-corrected chi connectivity index (χ3v) is 2.88. The molecule has 0 aromatic heterocycles. The van der Waals surface area contributed by atoms with Gasteiger partial charge >= 0.3 is 6.03 Å². The van der Waals surface area contributed by atoms with Gasteiger partial charge in [-0.15, -0.1) is 0 Å². The molecule has 2 aliphatic heterocycles. The predicted octanol–water partition coefficient (Wildman–Crippen LogP) is -0.922. The maximum atomic E-state index is 11.2. The third kappa shape index (κ3) is 2.16. The molecule has 2 saturated heterocycles. The summed E-state index contributed by atoms with van der Waals surface area (Å²) in [6, 6.07) is 0.0461. The van der Waals surface area contributed by atoms with E-state index in [4.69, 9.17) is 0 Å². The molecule has 1 unspecified atom stereocenters. The van der Waals surface area contributed by atoms with Crippen LogP contribution in [-0.2, 0) is 0 Å². The topological polar surface area (TPSA) is 55.8 Å². The van der Waals surface area contributed by atoms with Gasteiger partial charge in [0.2, 0.25) is 0 Å². The van der Waals surface area contributed by atoms with E-state index in [1.165, 1.54) is 0 Å². The molecule has 0 aromatic carbocycles. The van der Waals surface area contributed by atoms with Crippen molar-refractivity contribution in [3.63, 3.8) is 0 Å². The first-order valence-electron chi connectivity index (χ1n) is 5.19. The average molecular weight is 199 g/mol. The number of hydrogen-bond donors (Lipinski definition) is 2. The largest absolute Gasteiger partial charge is 0.392 e. The summed E-state index contributed by atoms with van der Waals surface area (Å²) in [5.74, 6) is 0. The molecule has 5 heteroatoms. The molecule has 2 fully saturated rings. The first kappa shape index (κ1) is 9.73. The predicted molar refractivity (Wildman–Crippen MR) is 52.0 cm³/mol. The second-order valence-electron chi connectivity index (χ2n) is 3.96. The lowest BCUT2D eigenvalue weighted by Gasteiger charge is -2.19. The zero-order chi connectivity index (χ0) is 9.97. The van der Waals surface area contributed by atoms with Crippen molar-refractivity contribution in [2.24, 2.45) is 0 Å². The molecule has 0 aliphatic carbocycles. The number of amides is 2. The fraction of sp³-hybridized carbons (Fsp3) is 0.889. The summed E-state index contributed by atoms with van der Waals surface area (Å²) in [6.45, 7) is 4.95. The van der Waals surface area contributed by atoms with Crippen LogP contribution < -0.4 is 5.32 Å². The maximum Gasteiger partial charge on any atom is 0.317 e. The number of likely N-dealkylation sites (tertiary alicyclic amines) is 1. The smallest absolute Gasteiger partial charge is 0.317 e. The Bertz CT molecular complexity index is 222. The molecule has 0 bridgehead atoms. The molecule has 0 radical (unpaired) electrons. The Hall–Kier alpha value is -0.810. The van der Waals surface area contributed by atoms with Gasteiger partial charge in [0.25, 0.3) is 0 Å². The van der Waals surface area contributed by atoms with Crippen LogP contribution in [0.15, 0.2) is 0 Å². The summed E-state index contributed by atoms with van der Waals surface area (Å²) in [5, 5.41) is 12.1. The van der Waals surface area contributed by atoms with Gasteiger partial charge in [0.1, 0.15) is 0 Å². The molecule has 2 heterocycles. The van der Waals surface area contributed by atoms with Gasteiger partial charge in [-0.2, -0.15) is 0 Å². The Labute approximate surface area is 83.7 Å². The normalized spacial score (nSPS) is 28.5. The van der Waals surface area contributed by atoms with Crippen molar-refractivity contribution in [2.45, 2.75) is 12.5 Å². The number of hydrogen-bond acceptors (Lipinski definition) is 3. The number of aliphatic hydroxyl groups is 1. The van der Waals surface area contributed by atoms with Crippen LogP contribution in [0.3, 0.4) is 0 Å². The van der Waals surface area contributed by atoms with Crippen LogP contribution in [0.25, 0.3) is 0 Å². The van der Waals surface area contributed by atoms with E-state index in [1.54, 1.807) is 0 Å². The Morgan fingerprint density at radius 1 is 1.43 bits per heavy atom. The summed E-state index contributed by atoms with van der Waals surface area (Å²) in [4.78, 5) is 15.2. The standard InChI is InChI=1S/C9H17N3O2/c13-8-1-3-11(7-8)5-6-12-4-2-10-9(12)14/h8,13H,1-7H2,(H,10,14). The Morgan fingerprint density at radius 3 is 2.86 bits per heavy atom. The molecule has 2 N–H and O–H groups in total. The second kappa shape index (κ2) is 4.14. The van der Waals surface area contributed by atoms with Gasteiger partial charge in [0, 0.05) is 39.3 Å². The third-order valence-electron chi connectivity index (χ3n) is 2.88. The number of nitrogens with one attached hydrogen (secondary N) is 1. The Morgan fingerprint density at radius 2 is 2.29 bits per heavy atom. The molecule has 2 amide bonds. The van der Waals surface area contributed by atoms with Gasteiger partial charge in [-0.25, -0.2) is 4.79 Å². The van der Waals surface area contributed by atoms with Crippen LogP contribution in [0.2, 0.25) is 0 Å². The monoisotopic (exact) mass is 199 g/mol. The number of rotatable bonds is 3. The number of urea groups is 1. The number of carbonyl (C=O) groups excluding carboxylic acids is 1. The molecule has 5 nitrogen and oxygen atoms in total. The summed E-state index contributed by atoms with van der Waals surface area (Å²) < 4.78 is 0. The molecule has 2 rings (SSSR count). The second-order valence-corrected chi connectivity index (χ2v) is 3.96. The van der Waals surface area contributed by atoms with Crippen LogP contribution in [0.5, 0.6) is 0 Å². The molecule has 1 atom stereocenters. The minimum absolute atomic E-state index is 0.0461. The quantitative estimate of drug-likeness (QED) is 0.618. The summed E-state index contributed by atoms with van der Waals surface area (Å²) in [6.07, 6.45) is 0.703. The molecule has 0 spiro atoms. The van der Waals surface area contributed by atoms with E-state index in [9.17, 15) is 9.90 Å². The first-order chi connectivity index (χ1) is 6.75. The SMILES string of the molecule is O=C1NCCN1CCN1CCC(O)C1. The van der Waals surface area contributed by atoms with E-state index in [1.807, 2.05) is 4.90 Å². The van der Waals surface area contributed by atoms with E-state index in [0.29, 0.717) is 0 Å². The van der Waals surface area contributed by atoms with Crippen LogP contribution in [0.1, 0.15) is 6.42 Å². The van der Waals surface area contributed by atoms with Gasteiger partial charge in [-0.1, -0.05) is 0 Å². The lowest BCUT2D eigenvalue weighted by Crippen LogP contribution is -2.36. The molecule has 0 aromatic rings. The van der Waals surface area contributed by atoms with Crippen LogP contribution >= 0.6 is 0 Å². The minimum atomic E-state index is -0.164. The van der Waals surface area contributed by atoms with Crippen molar-refractivity contribution < 1.29 is 9.90 Å². The van der Waals surface area contributed by atoms with E-state index in [0.717, 1.165) is 45.7 Å². The molecule has 0 saturated carbocycles. The molecule has 80 valence electrons. The first-order valence-corrected chi connectivity index (χ1v) is 5.19. The average Bonchev–Trinajstić information content (AvgIpc) is 2.72. The number of β-amino-alcohol motifs (C(OH)–C–C–N with tert-alkyl or cyclic N) is 1. The molecule has 14 heavy (non-hydrogen) atoms. The van der Waals surface area contributed by atoms with Crippen LogP contribution in [0, 0.1) is 0 Å². The Kier molecular flexibility index (Phi) is 2.88. The maximum absolute atomic E-state index is 11.2. The van der Waals surface area contributed by atoms with Crippen molar-refractivity contribution in [2.75, 3.05) is 39.3 Å². The van der Waals surface area contributed by atoms with Crippen molar-refractivity contribution >= 4 is 6.03 Å². The minimum Gasteiger partial charge on any atom is -0.392 e. The lowest BCUT2D eigenvalue weighted by atomic mass is 10.3. The highest BCUT2D eigenvalue weighted by molar-refractivity contribution is 5.76. The van der Waals surface area contributed by atoms with Gasteiger partial charge in [0.15, 0.2) is 0 Å². The Balaban J connectivity index is 1.69. The zero-order valence-corrected chi connectivity index (χ0v) is 8.28. The summed E-state index contributed by atoms with van der Waals surface area (Å²) in [5.41, 5.74) is 0. The summed E-state index contributed by atoms with van der Waals surface area (Å²) in [7, 11) is 0. The highest BCUT2D eigenvalue weighted by Gasteiger charge is 2.23. The summed E-state index contributed by atoms with van der Waals surface area (Å²) >= 11 is 0. The van der Waals surface area contributed by atoms with Crippen molar-refractivity contribution in [1.29, 1.82) is 0 Å². The molecule has 2 aliphatic rings. The number of carbonyl (C=O) groups is 1. The van der Waals surface area contributed by atoms with Crippen LogP contribution in [-0.4, -0.2) is 66.3 Å². The number of nitrogens with zero attached hydrogens (tertiary/aromatic N) is 2. The van der Waals surface area contributed by atoms with Crippen molar-refractivity contribution in [1.82, 2.24) is 15.1 Å². The number of aliphatic hydroxyl groups excluding tert-OH is 1. The highest BCUT2D eigenvalue weighted by atomic mass is 16.3. The van der Waals surface area contributed by atoms with E-state index < -0.39 is 0 Å². The highest BCUT2D eigenvalue weighted by Crippen LogP contribution is 2.08. The van der Waals surface area contributed by atoms with E-state index in [-0.39, 0.29) is 12.1 Å². The van der Waals surface area contributed by atoms with E-state index >= 15 is 0 Å². The molecular weight excluding hydrogens is 182 g/mol. The van der Waals surface area contributed by atoms with Crippen LogP contribution in [0.4, 0.5) is 4.79 Å². The van der Waals surface area contributed by atoms with Gasteiger partial charge in [0.05, 0.1) is 6.10 Å². The van der Waals surface area contributed by atoms with Gasteiger partial charge < -0.3 is 15.3 Å². The fourth-order valence-corrected chi connectivity index (χ4v) is 2.00. The van der Waals surface area contributed by atoms with Crippen molar-refractivity contribution in [3.05, 3.63) is 0 Å². The van der Waals surface area contributed by atoms with E-state index in [2.05, 4.69) is 10.2 Å². The fourth-order valence-electron chi connectivity index (χ4n) is 2.00. The van der Waals surface area contributed by atoms with Gasteiger partial charge in [-0.05, 0) is 6.42 Å². The zero-order valence-electron chi connectivity index (χ0n) is 8.28. The molecular formula is C9H17N3O2. The van der Waals surface area contributed by atoms with Gasteiger partial charge in [-0.3, -0.25) is 4.90 Å².